The highest BCUT2D eigenvalue weighted by Gasteiger charge is 2.30. The van der Waals surface area contributed by atoms with Crippen LogP contribution in [0.4, 0.5) is 5.82 Å². The number of aromatic amines is 1. The number of aromatic nitrogens is 3. The summed E-state index contributed by atoms with van der Waals surface area (Å²) >= 11 is 0. The maximum Gasteiger partial charge on any atom is 0.242 e. The first kappa shape index (κ1) is 21.2. The molecule has 2 N–H and O–H groups in total. The summed E-state index contributed by atoms with van der Waals surface area (Å²) in [6, 6.07) is 4.51. The summed E-state index contributed by atoms with van der Waals surface area (Å²) in [5.41, 5.74) is 1.76. The van der Waals surface area contributed by atoms with E-state index in [4.69, 9.17) is 9.72 Å². The Hall–Kier alpha value is -2.68. The third-order valence-corrected chi connectivity index (χ3v) is 6.96. The van der Waals surface area contributed by atoms with E-state index in [0.717, 1.165) is 74.3 Å². The van der Waals surface area contributed by atoms with Crippen LogP contribution in [0, 0.1) is 0 Å². The van der Waals surface area contributed by atoms with Crippen molar-refractivity contribution in [2.75, 3.05) is 44.7 Å². The Morgan fingerprint density at radius 2 is 2.03 bits per heavy atom. The van der Waals surface area contributed by atoms with Crippen molar-refractivity contribution in [1.82, 2.24) is 25.0 Å². The molecule has 0 saturated carbocycles. The fourth-order valence-corrected chi connectivity index (χ4v) is 4.99. The summed E-state index contributed by atoms with van der Waals surface area (Å²) in [7, 11) is 0. The average molecular weight is 441 g/mol. The molecule has 0 aromatic carbocycles. The lowest BCUT2D eigenvalue weighted by Gasteiger charge is -2.24. The lowest BCUT2D eigenvalue weighted by Crippen LogP contribution is -2.41. The van der Waals surface area contributed by atoms with Gasteiger partial charge in [-0.05, 0) is 44.2 Å². The van der Waals surface area contributed by atoms with Crippen molar-refractivity contribution in [1.29, 1.82) is 0 Å². The van der Waals surface area contributed by atoms with Crippen LogP contribution in [0.25, 0.3) is 11.0 Å². The van der Waals surface area contributed by atoms with E-state index < -0.39 is 0 Å². The van der Waals surface area contributed by atoms with Gasteiger partial charge in [-0.15, -0.1) is 0 Å². The van der Waals surface area contributed by atoms with Crippen LogP contribution < -0.4 is 5.32 Å². The van der Waals surface area contributed by atoms with Gasteiger partial charge in [0.05, 0.1) is 11.9 Å². The van der Waals surface area contributed by atoms with E-state index in [1.54, 1.807) is 4.90 Å². The Balaban J connectivity index is 1.21. The zero-order valence-corrected chi connectivity index (χ0v) is 18.5. The monoisotopic (exact) mass is 440 g/mol. The van der Waals surface area contributed by atoms with Gasteiger partial charge in [-0.1, -0.05) is 6.42 Å². The number of ether oxygens (including phenoxy) is 1. The number of rotatable bonds is 5. The van der Waals surface area contributed by atoms with Gasteiger partial charge < -0.3 is 19.9 Å². The second-order valence-electron chi connectivity index (χ2n) is 9.19. The predicted octanol–water partition coefficient (Wildman–Crippen LogP) is 2.27. The fourth-order valence-electron chi connectivity index (χ4n) is 4.99. The maximum absolute atomic E-state index is 12.8. The zero-order valence-electron chi connectivity index (χ0n) is 18.5. The van der Waals surface area contributed by atoms with Crippen LogP contribution in [0.2, 0.25) is 0 Å². The van der Waals surface area contributed by atoms with Crippen molar-refractivity contribution in [3.8, 4) is 0 Å². The molecule has 9 nitrogen and oxygen atoms in total. The van der Waals surface area contributed by atoms with Gasteiger partial charge in [0, 0.05) is 56.9 Å². The van der Waals surface area contributed by atoms with Crippen LogP contribution in [0.5, 0.6) is 0 Å². The number of carbonyl (C=O) groups excluding carboxylic acids is 2. The SMILES string of the molecule is O=C1CCCCCN1CC(=O)N1CC[C@@H](c2ccc3c(NC4CCOCC4)n[nH]c3n2)C1. The normalized spacial score (nSPS) is 23.0. The summed E-state index contributed by atoms with van der Waals surface area (Å²) in [5.74, 6) is 1.21. The minimum atomic E-state index is 0.0494. The molecule has 9 heteroatoms. The van der Waals surface area contributed by atoms with Crippen LogP contribution in [-0.2, 0) is 14.3 Å². The van der Waals surface area contributed by atoms with Crippen molar-refractivity contribution in [2.45, 2.75) is 56.9 Å². The van der Waals surface area contributed by atoms with Gasteiger partial charge in [0.15, 0.2) is 11.5 Å². The molecule has 1 atom stereocenters. The van der Waals surface area contributed by atoms with Gasteiger partial charge >= 0.3 is 0 Å². The Kier molecular flexibility index (Phi) is 6.25. The molecule has 3 fully saturated rings. The van der Waals surface area contributed by atoms with Gasteiger partial charge in [0.1, 0.15) is 0 Å². The summed E-state index contributed by atoms with van der Waals surface area (Å²) in [6.45, 7) is 3.84. The third kappa shape index (κ3) is 4.57. The molecular weight excluding hydrogens is 408 g/mol. The summed E-state index contributed by atoms with van der Waals surface area (Å²) in [6.07, 6.45) is 6.40. The first-order valence-corrected chi connectivity index (χ1v) is 11.9. The highest BCUT2D eigenvalue weighted by molar-refractivity contribution is 5.87. The molecule has 0 unspecified atom stereocenters. The summed E-state index contributed by atoms with van der Waals surface area (Å²) in [5, 5.41) is 12.0. The van der Waals surface area contributed by atoms with Crippen molar-refractivity contribution >= 4 is 28.7 Å². The molecule has 2 aromatic heterocycles. The maximum atomic E-state index is 12.8. The number of carbonyl (C=O) groups is 2. The Morgan fingerprint density at radius 3 is 2.91 bits per heavy atom. The van der Waals surface area contributed by atoms with Crippen molar-refractivity contribution in [2.24, 2.45) is 0 Å². The van der Waals surface area contributed by atoms with Crippen LogP contribution in [0.1, 0.15) is 56.6 Å². The van der Waals surface area contributed by atoms with E-state index in [2.05, 4.69) is 27.6 Å². The smallest absolute Gasteiger partial charge is 0.242 e. The first-order valence-electron chi connectivity index (χ1n) is 11.9. The largest absolute Gasteiger partial charge is 0.381 e. The number of H-pyrrole nitrogens is 1. The van der Waals surface area contributed by atoms with Gasteiger partial charge in [0.25, 0.3) is 0 Å². The van der Waals surface area contributed by atoms with E-state index in [9.17, 15) is 9.59 Å². The molecule has 32 heavy (non-hydrogen) atoms. The zero-order chi connectivity index (χ0) is 21.9. The number of fused-ring (bicyclic) bond motifs is 1. The van der Waals surface area contributed by atoms with Crippen LogP contribution in [-0.4, -0.2) is 82.2 Å². The Labute approximate surface area is 187 Å². The number of amides is 2. The molecular formula is C23H32N6O3. The number of likely N-dealkylation sites (tertiary alicyclic amines) is 2. The molecule has 3 saturated heterocycles. The summed E-state index contributed by atoms with van der Waals surface area (Å²) < 4.78 is 5.43. The topological polar surface area (TPSA) is 103 Å². The van der Waals surface area contributed by atoms with Gasteiger partial charge in [-0.25, -0.2) is 4.98 Å². The number of hydrogen-bond donors (Lipinski definition) is 2. The molecule has 0 aliphatic carbocycles. The third-order valence-electron chi connectivity index (χ3n) is 6.96. The van der Waals surface area contributed by atoms with E-state index in [1.165, 1.54) is 0 Å². The molecule has 3 aliphatic rings. The Morgan fingerprint density at radius 1 is 1.16 bits per heavy atom. The number of pyridine rings is 1. The number of anilines is 1. The van der Waals surface area contributed by atoms with Crippen molar-refractivity contribution in [3.63, 3.8) is 0 Å². The van der Waals surface area contributed by atoms with E-state index in [1.807, 2.05) is 4.90 Å². The molecule has 0 bridgehead atoms. The van der Waals surface area contributed by atoms with E-state index >= 15 is 0 Å². The molecule has 5 rings (SSSR count). The number of nitrogens with one attached hydrogen (secondary N) is 2. The van der Waals surface area contributed by atoms with Crippen molar-refractivity contribution in [3.05, 3.63) is 17.8 Å². The van der Waals surface area contributed by atoms with Crippen molar-refractivity contribution < 1.29 is 14.3 Å². The molecule has 2 amide bonds. The van der Waals surface area contributed by atoms with E-state index in [-0.39, 0.29) is 24.3 Å². The molecule has 0 radical (unpaired) electrons. The molecule has 0 spiro atoms. The quantitative estimate of drug-likeness (QED) is 0.739. The number of hydrogen-bond acceptors (Lipinski definition) is 6. The number of nitrogens with zero attached hydrogens (tertiary/aromatic N) is 4. The average Bonchev–Trinajstić information content (AvgIpc) is 3.41. The predicted molar refractivity (Wildman–Crippen MR) is 120 cm³/mol. The van der Waals surface area contributed by atoms with Gasteiger partial charge in [-0.2, -0.15) is 5.10 Å². The second-order valence-corrected chi connectivity index (χ2v) is 9.19. The minimum absolute atomic E-state index is 0.0494. The van der Waals surface area contributed by atoms with Crippen LogP contribution in [0.3, 0.4) is 0 Å². The highest BCUT2D eigenvalue weighted by Crippen LogP contribution is 2.29. The lowest BCUT2D eigenvalue weighted by molar-refractivity contribution is -0.139. The minimum Gasteiger partial charge on any atom is -0.381 e. The van der Waals surface area contributed by atoms with Gasteiger partial charge in [-0.3, -0.25) is 14.7 Å². The standard InChI is InChI=1S/C23H32N6O3/c30-20-4-2-1-3-10-28(20)15-21(31)29-11-7-16(14-29)19-6-5-18-22(26-27-23(18)25-19)24-17-8-12-32-13-9-17/h5-6,16-17H,1-4,7-15H2,(H2,24,25,26,27)/t16-/m1/s1. The first-order chi connectivity index (χ1) is 15.7. The molecule has 172 valence electrons. The highest BCUT2D eigenvalue weighted by atomic mass is 16.5. The Bertz CT molecular complexity index is 970. The molecule has 2 aromatic rings. The van der Waals surface area contributed by atoms with Gasteiger partial charge in [0.2, 0.25) is 11.8 Å². The van der Waals surface area contributed by atoms with Crippen LogP contribution in [0.15, 0.2) is 12.1 Å². The second kappa shape index (κ2) is 9.44. The molecule has 5 heterocycles. The molecule has 3 aliphatic heterocycles. The van der Waals surface area contributed by atoms with E-state index in [0.29, 0.717) is 32.1 Å². The fraction of sp³-hybridized carbons (Fsp3) is 0.652. The van der Waals surface area contributed by atoms with Crippen LogP contribution >= 0.6 is 0 Å². The lowest BCUT2D eigenvalue weighted by atomic mass is 10.0. The summed E-state index contributed by atoms with van der Waals surface area (Å²) in [4.78, 5) is 33.5.